The third kappa shape index (κ3) is 4.13. The predicted molar refractivity (Wildman–Crippen MR) is 92.9 cm³/mol. The molecular weight excluding hydrogens is 290 g/mol. The summed E-state index contributed by atoms with van der Waals surface area (Å²) in [6.07, 6.45) is 5.21. The van der Waals surface area contributed by atoms with Crippen LogP contribution in [0.15, 0.2) is 18.3 Å². The summed E-state index contributed by atoms with van der Waals surface area (Å²) in [6.45, 7) is 6.40. The maximum atomic E-state index is 12.2. The standard InChI is InChI=1S/C17H27N5O/c1-13-12-21(2)10-7-15(13)20-17(23)19-14-5-6-16(18-11-14)22-8-3-4-9-22/h5-6,11,13,15H,3-4,7-10,12H2,1-2H3,(H2,19,20,23). The smallest absolute Gasteiger partial charge is 0.319 e. The summed E-state index contributed by atoms with van der Waals surface area (Å²) < 4.78 is 0. The van der Waals surface area contributed by atoms with Gasteiger partial charge in [-0.25, -0.2) is 9.78 Å². The minimum absolute atomic E-state index is 0.137. The molecule has 0 bridgehead atoms. The lowest BCUT2D eigenvalue weighted by atomic mass is 9.94. The highest BCUT2D eigenvalue weighted by atomic mass is 16.2. The molecule has 0 saturated carbocycles. The monoisotopic (exact) mass is 317 g/mol. The van der Waals surface area contributed by atoms with E-state index in [9.17, 15) is 4.79 Å². The number of amides is 2. The number of nitrogens with one attached hydrogen (secondary N) is 2. The first-order chi connectivity index (χ1) is 11.1. The van der Waals surface area contributed by atoms with Crippen LogP contribution >= 0.6 is 0 Å². The van der Waals surface area contributed by atoms with Gasteiger partial charge >= 0.3 is 6.03 Å². The molecule has 2 aliphatic rings. The zero-order chi connectivity index (χ0) is 16.2. The number of pyridine rings is 1. The van der Waals surface area contributed by atoms with Gasteiger partial charge in [-0.2, -0.15) is 0 Å². The number of anilines is 2. The Labute approximate surface area is 138 Å². The zero-order valence-electron chi connectivity index (χ0n) is 14.1. The molecule has 3 rings (SSSR count). The number of rotatable bonds is 3. The second kappa shape index (κ2) is 7.17. The van der Waals surface area contributed by atoms with Crippen molar-refractivity contribution in [3.8, 4) is 0 Å². The average Bonchev–Trinajstić information content (AvgIpc) is 3.05. The van der Waals surface area contributed by atoms with Crippen molar-refractivity contribution in [3.05, 3.63) is 18.3 Å². The van der Waals surface area contributed by atoms with Crippen LogP contribution < -0.4 is 15.5 Å². The van der Waals surface area contributed by atoms with Crippen molar-refractivity contribution < 1.29 is 4.79 Å². The molecule has 6 nitrogen and oxygen atoms in total. The summed E-state index contributed by atoms with van der Waals surface area (Å²) in [7, 11) is 2.13. The van der Waals surface area contributed by atoms with Crippen LogP contribution in [0.3, 0.4) is 0 Å². The first-order valence-corrected chi connectivity index (χ1v) is 8.59. The molecule has 3 heterocycles. The molecule has 126 valence electrons. The number of urea groups is 1. The molecule has 2 aliphatic heterocycles. The molecule has 0 radical (unpaired) electrons. The molecule has 2 N–H and O–H groups in total. The van der Waals surface area contributed by atoms with E-state index in [2.05, 4.69) is 39.4 Å². The fraction of sp³-hybridized carbons (Fsp3) is 0.647. The lowest BCUT2D eigenvalue weighted by Gasteiger charge is -2.35. The molecule has 2 atom stereocenters. The van der Waals surface area contributed by atoms with Crippen LogP contribution in [0.1, 0.15) is 26.2 Å². The van der Waals surface area contributed by atoms with Crippen LogP contribution in [0, 0.1) is 5.92 Å². The topological polar surface area (TPSA) is 60.5 Å². The van der Waals surface area contributed by atoms with E-state index in [4.69, 9.17) is 0 Å². The molecule has 0 aliphatic carbocycles. The number of likely N-dealkylation sites (tertiary alicyclic amines) is 1. The van der Waals surface area contributed by atoms with Crippen molar-refractivity contribution in [2.75, 3.05) is 43.4 Å². The van der Waals surface area contributed by atoms with E-state index in [1.807, 2.05) is 12.1 Å². The van der Waals surface area contributed by atoms with Gasteiger partial charge in [0.15, 0.2) is 0 Å². The second-order valence-corrected chi connectivity index (χ2v) is 6.83. The van der Waals surface area contributed by atoms with Gasteiger partial charge in [0.2, 0.25) is 0 Å². The Morgan fingerprint density at radius 1 is 1.26 bits per heavy atom. The molecule has 0 aromatic carbocycles. The summed E-state index contributed by atoms with van der Waals surface area (Å²) in [5, 5.41) is 5.99. The van der Waals surface area contributed by atoms with Gasteiger partial charge in [0.1, 0.15) is 5.82 Å². The summed E-state index contributed by atoms with van der Waals surface area (Å²) in [5.74, 6) is 1.47. The molecule has 2 fully saturated rings. The third-order valence-electron chi connectivity index (χ3n) is 4.86. The van der Waals surface area contributed by atoms with E-state index in [0.29, 0.717) is 5.92 Å². The van der Waals surface area contributed by atoms with Crippen LogP contribution in [0.2, 0.25) is 0 Å². The number of carbonyl (C=O) groups excluding carboxylic acids is 1. The lowest BCUT2D eigenvalue weighted by Crippen LogP contribution is -2.49. The van der Waals surface area contributed by atoms with Crippen LogP contribution in [0.4, 0.5) is 16.3 Å². The van der Waals surface area contributed by atoms with Gasteiger partial charge in [-0.3, -0.25) is 0 Å². The Hall–Kier alpha value is -1.82. The highest BCUT2D eigenvalue weighted by molar-refractivity contribution is 5.89. The van der Waals surface area contributed by atoms with Crippen molar-refractivity contribution >= 4 is 17.5 Å². The van der Waals surface area contributed by atoms with Crippen LogP contribution in [-0.4, -0.2) is 55.2 Å². The van der Waals surface area contributed by atoms with E-state index in [1.165, 1.54) is 12.8 Å². The fourth-order valence-corrected chi connectivity index (χ4v) is 3.50. The number of piperidine rings is 1. The maximum Gasteiger partial charge on any atom is 0.319 e. The summed E-state index contributed by atoms with van der Waals surface area (Å²) in [6, 6.07) is 4.02. The van der Waals surface area contributed by atoms with E-state index >= 15 is 0 Å². The van der Waals surface area contributed by atoms with Gasteiger partial charge in [0.25, 0.3) is 0 Å². The molecule has 0 spiro atoms. The maximum absolute atomic E-state index is 12.2. The predicted octanol–water partition coefficient (Wildman–Crippen LogP) is 2.14. The van der Waals surface area contributed by atoms with Crippen molar-refractivity contribution in [1.82, 2.24) is 15.2 Å². The quantitative estimate of drug-likeness (QED) is 0.897. The van der Waals surface area contributed by atoms with Gasteiger partial charge in [-0.15, -0.1) is 0 Å². The normalized spacial score (nSPS) is 25.4. The van der Waals surface area contributed by atoms with Crippen LogP contribution in [0.25, 0.3) is 0 Å². The molecule has 1 aromatic rings. The minimum atomic E-state index is -0.137. The van der Waals surface area contributed by atoms with Crippen molar-refractivity contribution in [1.29, 1.82) is 0 Å². The molecular formula is C17H27N5O. The van der Waals surface area contributed by atoms with E-state index in [0.717, 1.165) is 44.1 Å². The van der Waals surface area contributed by atoms with Gasteiger partial charge in [-0.1, -0.05) is 6.92 Å². The zero-order valence-corrected chi connectivity index (χ0v) is 14.1. The molecule has 2 unspecified atom stereocenters. The average molecular weight is 317 g/mol. The summed E-state index contributed by atoms with van der Waals surface area (Å²) >= 11 is 0. The first kappa shape index (κ1) is 16.1. The number of hydrogen-bond donors (Lipinski definition) is 2. The van der Waals surface area contributed by atoms with E-state index in [1.54, 1.807) is 6.20 Å². The van der Waals surface area contributed by atoms with Gasteiger partial charge in [-0.05, 0) is 50.9 Å². The number of carbonyl (C=O) groups is 1. The Morgan fingerprint density at radius 3 is 2.70 bits per heavy atom. The SMILES string of the molecule is CC1CN(C)CCC1NC(=O)Nc1ccc(N2CCCC2)nc1. The third-order valence-corrected chi connectivity index (χ3v) is 4.86. The fourth-order valence-electron chi connectivity index (χ4n) is 3.50. The number of nitrogens with zero attached hydrogens (tertiary/aromatic N) is 3. The van der Waals surface area contributed by atoms with Crippen molar-refractivity contribution in [2.24, 2.45) is 5.92 Å². The van der Waals surface area contributed by atoms with E-state index in [-0.39, 0.29) is 12.1 Å². The summed E-state index contributed by atoms with van der Waals surface area (Å²) in [5.41, 5.74) is 0.742. The minimum Gasteiger partial charge on any atom is -0.357 e. The lowest BCUT2D eigenvalue weighted by molar-refractivity contribution is 0.176. The van der Waals surface area contributed by atoms with E-state index < -0.39 is 0 Å². The van der Waals surface area contributed by atoms with Crippen LogP contribution in [-0.2, 0) is 0 Å². The van der Waals surface area contributed by atoms with Crippen LogP contribution in [0.5, 0.6) is 0 Å². The summed E-state index contributed by atoms with van der Waals surface area (Å²) in [4.78, 5) is 21.2. The highest BCUT2D eigenvalue weighted by Gasteiger charge is 2.25. The Balaban J connectivity index is 1.51. The Morgan fingerprint density at radius 2 is 2.04 bits per heavy atom. The molecule has 1 aromatic heterocycles. The molecule has 2 saturated heterocycles. The molecule has 6 heteroatoms. The van der Waals surface area contributed by atoms with Crippen molar-refractivity contribution in [3.63, 3.8) is 0 Å². The highest BCUT2D eigenvalue weighted by Crippen LogP contribution is 2.19. The Kier molecular flexibility index (Phi) is 5.00. The second-order valence-electron chi connectivity index (χ2n) is 6.83. The van der Waals surface area contributed by atoms with Gasteiger partial charge < -0.3 is 20.4 Å². The van der Waals surface area contributed by atoms with Gasteiger partial charge in [0.05, 0.1) is 11.9 Å². The number of hydrogen-bond acceptors (Lipinski definition) is 4. The molecule has 23 heavy (non-hydrogen) atoms. The van der Waals surface area contributed by atoms with Crippen molar-refractivity contribution in [2.45, 2.75) is 32.2 Å². The molecule has 2 amide bonds. The largest absolute Gasteiger partial charge is 0.357 e. The van der Waals surface area contributed by atoms with Gasteiger partial charge in [0, 0.05) is 25.7 Å². The number of aromatic nitrogens is 1. The first-order valence-electron chi connectivity index (χ1n) is 8.59. The Bertz CT molecular complexity index is 526.